The third-order valence-electron chi connectivity index (χ3n) is 3.88. The topological polar surface area (TPSA) is 116 Å². The smallest absolute Gasteiger partial charge is 0.341 e. The Morgan fingerprint density at radius 3 is 2.52 bits per heavy atom. The lowest BCUT2D eigenvalue weighted by Crippen LogP contribution is -2.08. The molecule has 2 aromatic heterocycles. The van der Waals surface area contributed by atoms with Gasteiger partial charge in [0.1, 0.15) is 22.8 Å². The fraction of sp³-hybridized carbons (Fsp3) is 0.176. The van der Waals surface area contributed by atoms with Gasteiger partial charge in [0.05, 0.1) is 26.0 Å². The first kappa shape index (κ1) is 16.4. The van der Waals surface area contributed by atoms with E-state index in [9.17, 15) is 9.90 Å². The summed E-state index contributed by atoms with van der Waals surface area (Å²) in [6, 6.07) is 7.40. The van der Waals surface area contributed by atoms with Gasteiger partial charge in [0, 0.05) is 5.56 Å². The van der Waals surface area contributed by atoms with Gasteiger partial charge in [-0.1, -0.05) is 12.1 Å². The Kier molecular flexibility index (Phi) is 4.34. The molecule has 0 atom stereocenters. The van der Waals surface area contributed by atoms with Crippen LogP contribution in [0.25, 0.3) is 11.3 Å². The number of anilines is 1. The van der Waals surface area contributed by atoms with E-state index in [-0.39, 0.29) is 17.1 Å². The molecule has 0 aliphatic rings. The van der Waals surface area contributed by atoms with E-state index < -0.39 is 5.97 Å². The molecule has 0 amide bonds. The van der Waals surface area contributed by atoms with Crippen molar-refractivity contribution >= 4 is 11.8 Å². The minimum Gasteiger partial charge on any atom is -0.497 e. The Hall–Kier alpha value is -3.42. The van der Waals surface area contributed by atoms with Gasteiger partial charge in [-0.25, -0.2) is 9.48 Å². The van der Waals surface area contributed by atoms with Crippen LogP contribution in [0.4, 0.5) is 5.82 Å². The van der Waals surface area contributed by atoms with E-state index in [0.717, 1.165) is 16.9 Å². The number of carbonyl (C=O) groups is 1. The van der Waals surface area contributed by atoms with Gasteiger partial charge in [0.25, 0.3) is 0 Å². The second-order valence-corrected chi connectivity index (χ2v) is 5.51. The summed E-state index contributed by atoms with van der Waals surface area (Å²) in [5, 5.41) is 21.6. The third kappa shape index (κ3) is 3.14. The lowest BCUT2D eigenvalue weighted by Gasteiger charge is -2.06. The number of ether oxygens (including phenoxy) is 1. The largest absolute Gasteiger partial charge is 0.497 e. The summed E-state index contributed by atoms with van der Waals surface area (Å²) in [5.41, 5.74) is 8.58. The Labute approximate surface area is 143 Å². The zero-order valence-corrected chi connectivity index (χ0v) is 13.8. The summed E-state index contributed by atoms with van der Waals surface area (Å²) in [5.74, 6) is -0.304. The SMILES string of the molecule is COc1ccc(Cn2nc(-c3cnncc3C)c(C(=O)O)c2N)cc1. The zero-order valence-electron chi connectivity index (χ0n) is 13.8. The molecular formula is C17H17N5O3. The Morgan fingerprint density at radius 2 is 1.92 bits per heavy atom. The fourth-order valence-electron chi connectivity index (χ4n) is 2.53. The van der Waals surface area contributed by atoms with Gasteiger partial charge in [-0.3, -0.25) is 0 Å². The van der Waals surface area contributed by atoms with Crippen molar-refractivity contribution in [1.82, 2.24) is 20.0 Å². The molecule has 0 saturated carbocycles. The van der Waals surface area contributed by atoms with Gasteiger partial charge in [0.2, 0.25) is 0 Å². The average molecular weight is 339 g/mol. The summed E-state index contributed by atoms with van der Waals surface area (Å²) in [6.45, 7) is 2.15. The van der Waals surface area contributed by atoms with Crippen molar-refractivity contribution in [3.8, 4) is 17.0 Å². The number of aromatic carboxylic acids is 1. The number of nitrogens with two attached hydrogens (primary N) is 1. The van der Waals surface area contributed by atoms with Gasteiger partial charge in [0.15, 0.2) is 0 Å². The van der Waals surface area contributed by atoms with E-state index in [1.54, 1.807) is 13.3 Å². The predicted octanol–water partition coefficient (Wildman–Crippen LogP) is 1.99. The zero-order chi connectivity index (χ0) is 18.0. The molecule has 0 fully saturated rings. The lowest BCUT2D eigenvalue weighted by atomic mass is 10.1. The number of aryl methyl sites for hydroxylation is 1. The van der Waals surface area contributed by atoms with Crippen LogP contribution in [-0.2, 0) is 6.54 Å². The predicted molar refractivity (Wildman–Crippen MR) is 91.5 cm³/mol. The number of nitrogens with zero attached hydrogens (tertiary/aromatic N) is 4. The van der Waals surface area contributed by atoms with Crippen LogP contribution in [0.15, 0.2) is 36.7 Å². The average Bonchev–Trinajstić information content (AvgIpc) is 2.92. The Balaban J connectivity index is 2.05. The van der Waals surface area contributed by atoms with Gasteiger partial charge in [-0.2, -0.15) is 15.3 Å². The van der Waals surface area contributed by atoms with E-state index in [0.29, 0.717) is 12.1 Å². The second-order valence-electron chi connectivity index (χ2n) is 5.51. The Morgan fingerprint density at radius 1 is 1.24 bits per heavy atom. The number of carboxylic acids is 1. The molecule has 3 N–H and O–H groups in total. The quantitative estimate of drug-likeness (QED) is 0.730. The normalized spacial score (nSPS) is 10.6. The van der Waals surface area contributed by atoms with Crippen LogP contribution in [-0.4, -0.2) is 38.2 Å². The molecule has 8 heteroatoms. The van der Waals surface area contributed by atoms with Crippen molar-refractivity contribution < 1.29 is 14.6 Å². The van der Waals surface area contributed by atoms with Crippen molar-refractivity contribution in [3.63, 3.8) is 0 Å². The van der Waals surface area contributed by atoms with E-state index >= 15 is 0 Å². The highest BCUT2D eigenvalue weighted by Gasteiger charge is 2.24. The van der Waals surface area contributed by atoms with Crippen molar-refractivity contribution in [3.05, 3.63) is 53.3 Å². The molecule has 3 aromatic rings. The number of methoxy groups -OCH3 is 1. The maximum Gasteiger partial charge on any atom is 0.341 e. The molecule has 0 radical (unpaired) electrons. The van der Waals surface area contributed by atoms with Crippen molar-refractivity contribution in [1.29, 1.82) is 0 Å². The van der Waals surface area contributed by atoms with Gasteiger partial charge in [-0.15, -0.1) is 0 Å². The first-order valence-corrected chi connectivity index (χ1v) is 7.51. The third-order valence-corrected chi connectivity index (χ3v) is 3.88. The van der Waals surface area contributed by atoms with Crippen LogP contribution in [0.5, 0.6) is 5.75 Å². The van der Waals surface area contributed by atoms with Gasteiger partial charge >= 0.3 is 5.97 Å². The van der Waals surface area contributed by atoms with E-state index in [1.165, 1.54) is 10.9 Å². The molecule has 0 unspecified atom stereocenters. The van der Waals surface area contributed by atoms with E-state index in [4.69, 9.17) is 10.5 Å². The van der Waals surface area contributed by atoms with Gasteiger partial charge < -0.3 is 15.6 Å². The number of hydrogen-bond donors (Lipinski definition) is 2. The van der Waals surface area contributed by atoms with Crippen molar-refractivity contribution in [2.75, 3.05) is 12.8 Å². The minimum atomic E-state index is -1.13. The van der Waals surface area contributed by atoms with Crippen LogP contribution in [0, 0.1) is 6.92 Å². The highest BCUT2D eigenvalue weighted by molar-refractivity contribution is 6.00. The molecule has 128 valence electrons. The van der Waals surface area contributed by atoms with Gasteiger partial charge in [-0.05, 0) is 30.2 Å². The maximum absolute atomic E-state index is 11.7. The second kappa shape index (κ2) is 6.60. The molecule has 2 heterocycles. The minimum absolute atomic E-state index is 0.0374. The highest BCUT2D eigenvalue weighted by atomic mass is 16.5. The number of nitrogen functional groups attached to an aromatic ring is 1. The van der Waals surface area contributed by atoms with Crippen LogP contribution in [0.3, 0.4) is 0 Å². The molecule has 3 rings (SSSR count). The number of hydrogen-bond acceptors (Lipinski definition) is 6. The molecule has 0 aliphatic heterocycles. The highest BCUT2D eigenvalue weighted by Crippen LogP contribution is 2.29. The number of benzene rings is 1. The first-order valence-electron chi connectivity index (χ1n) is 7.51. The van der Waals surface area contributed by atoms with E-state index in [2.05, 4.69) is 15.3 Å². The van der Waals surface area contributed by atoms with Crippen molar-refractivity contribution in [2.45, 2.75) is 13.5 Å². The fourth-order valence-corrected chi connectivity index (χ4v) is 2.53. The van der Waals surface area contributed by atoms with Crippen LogP contribution < -0.4 is 10.5 Å². The molecule has 25 heavy (non-hydrogen) atoms. The van der Waals surface area contributed by atoms with Crippen LogP contribution >= 0.6 is 0 Å². The monoisotopic (exact) mass is 339 g/mol. The Bertz CT molecular complexity index is 919. The van der Waals surface area contributed by atoms with Crippen LogP contribution in [0.2, 0.25) is 0 Å². The first-order chi connectivity index (χ1) is 12.0. The van der Waals surface area contributed by atoms with E-state index in [1.807, 2.05) is 31.2 Å². The molecule has 8 nitrogen and oxygen atoms in total. The lowest BCUT2D eigenvalue weighted by molar-refractivity contribution is 0.0699. The van der Waals surface area contributed by atoms with Crippen molar-refractivity contribution in [2.24, 2.45) is 0 Å². The summed E-state index contributed by atoms with van der Waals surface area (Å²) in [7, 11) is 1.59. The molecule has 1 aromatic carbocycles. The summed E-state index contributed by atoms with van der Waals surface area (Å²) in [4.78, 5) is 11.7. The number of carboxylic acid groups (broad SMARTS) is 1. The molecule has 0 spiro atoms. The molecule has 0 aliphatic carbocycles. The summed E-state index contributed by atoms with van der Waals surface area (Å²) < 4.78 is 6.60. The maximum atomic E-state index is 11.7. The summed E-state index contributed by atoms with van der Waals surface area (Å²) in [6.07, 6.45) is 3.04. The number of aromatic nitrogens is 4. The molecule has 0 saturated heterocycles. The molecule has 0 bridgehead atoms. The standard InChI is InChI=1S/C17H17N5O3/c1-10-7-19-20-8-13(10)15-14(17(23)24)16(18)22(21-15)9-11-3-5-12(25-2)6-4-11/h3-8H,9,18H2,1-2H3,(H,23,24). The summed E-state index contributed by atoms with van der Waals surface area (Å²) >= 11 is 0. The number of rotatable bonds is 5. The van der Waals surface area contributed by atoms with Crippen LogP contribution in [0.1, 0.15) is 21.5 Å². The molecular weight excluding hydrogens is 322 g/mol.